The van der Waals surface area contributed by atoms with Crippen molar-refractivity contribution in [3.05, 3.63) is 88.6 Å². The van der Waals surface area contributed by atoms with E-state index in [4.69, 9.17) is 19.9 Å². The first-order chi connectivity index (χ1) is 17.6. The highest BCUT2D eigenvalue weighted by molar-refractivity contribution is 7.21. The molecule has 7 heteroatoms. The lowest BCUT2D eigenvalue weighted by atomic mass is 9.89. The van der Waals surface area contributed by atoms with E-state index in [1.54, 1.807) is 0 Å². The van der Waals surface area contributed by atoms with Crippen LogP contribution in [-0.2, 0) is 12.8 Å². The molecule has 1 amide bonds. The molecule has 3 heterocycles. The summed E-state index contributed by atoms with van der Waals surface area (Å²) < 4.78 is 11.9. The van der Waals surface area contributed by atoms with Crippen LogP contribution in [0.15, 0.2) is 71.1 Å². The standard InChI is InChI=1S/C29H25N3O3S/c1-17-11-16-23(34-17)24-21-9-5-6-10-22(21)32-29-25(24)26(30)27(36-29)28(33)31-18-12-14-20(15-13-18)35-19-7-3-2-4-8-19/h2-4,7-8,11-16H,5-6,9-10,30H2,1H3,(H,31,33). The van der Waals surface area contributed by atoms with Crippen molar-refractivity contribution in [2.75, 3.05) is 11.1 Å². The fourth-order valence-corrected chi connectivity index (χ4v) is 5.75. The molecule has 6 rings (SSSR count). The van der Waals surface area contributed by atoms with Crippen LogP contribution in [0, 0.1) is 6.92 Å². The van der Waals surface area contributed by atoms with Crippen molar-refractivity contribution in [3.63, 3.8) is 0 Å². The van der Waals surface area contributed by atoms with Gasteiger partial charge in [0.1, 0.15) is 32.7 Å². The number of carbonyl (C=O) groups excluding carboxylic acids is 1. The molecule has 0 fully saturated rings. The average Bonchev–Trinajstić information content (AvgIpc) is 3.47. The van der Waals surface area contributed by atoms with E-state index in [1.165, 1.54) is 16.9 Å². The topological polar surface area (TPSA) is 90.4 Å². The maximum Gasteiger partial charge on any atom is 0.267 e. The minimum Gasteiger partial charge on any atom is -0.461 e. The van der Waals surface area contributed by atoms with Gasteiger partial charge in [0.2, 0.25) is 0 Å². The number of nitrogens with zero attached hydrogens (tertiary/aromatic N) is 1. The van der Waals surface area contributed by atoms with Crippen LogP contribution in [0.25, 0.3) is 21.5 Å². The molecule has 0 saturated carbocycles. The molecule has 5 aromatic rings. The summed E-state index contributed by atoms with van der Waals surface area (Å²) >= 11 is 1.33. The Morgan fingerprint density at radius 3 is 2.50 bits per heavy atom. The van der Waals surface area contributed by atoms with Crippen molar-refractivity contribution < 1.29 is 13.9 Å². The largest absolute Gasteiger partial charge is 0.461 e. The third kappa shape index (κ3) is 4.12. The highest BCUT2D eigenvalue weighted by Gasteiger charge is 2.27. The maximum atomic E-state index is 13.3. The molecule has 1 aliphatic carbocycles. The fourth-order valence-electron chi connectivity index (χ4n) is 4.74. The van der Waals surface area contributed by atoms with Crippen LogP contribution in [0.5, 0.6) is 11.5 Å². The van der Waals surface area contributed by atoms with E-state index in [0.717, 1.165) is 64.4 Å². The van der Waals surface area contributed by atoms with Gasteiger partial charge in [0.25, 0.3) is 5.91 Å². The number of aromatic nitrogens is 1. The van der Waals surface area contributed by atoms with Crippen LogP contribution in [0.1, 0.15) is 39.5 Å². The molecule has 1 aliphatic rings. The van der Waals surface area contributed by atoms with Gasteiger partial charge in [0, 0.05) is 22.3 Å². The Morgan fingerprint density at radius 2 is 1.75 bits per heavy atom. The van der Waals surface area contributed by atoms with Gasteiger partial charge in [-0.1, -0.05) is 18.2 Å². The summed E-state index contributed by atoms with van der Waals surface area (Å²) in [6.07, 6.45) is 4.07. The van der Waals surface area contributed by atoms with Crippen molar-refractivity contribution in [3.8, 4) is 22.8 Å². The predicted octanol–water partition coefficient (Wildman–Crippen LogP) is 7.37. The van der Waals surface area contributed by atoms with E-state index in [-0.39, 0.29) is 5.91 Å². The number of hydrogen-bond acceptors (Lipinski definition) is 6. The molecule has 180 valence electrons. The van der Waals surface area contributed by atoms with E-state index in [0.29, 0.717) is 22.0 Å². The van der Waals surface area contributed by atoms with E-state index in [9.17, 15) is 4.79 Å². The SMILES string of the molecule is Cc1ccc(-c2c3c(nc4sc(C(=O)Nc5ccc(Oc6ccccc6)cc5)c(N)c24)CCCC3)o1. The monoisotopic (exact) mass is 495 g/mol. The van der Waals surface area contributed by atoms with E-state index in [1.807, 2.05) is 73.7 Å². The predicted molar refractivity (Wildman–Crippen MR) is 144 cm³/mol. The number of anilines is 2. The summed E-state index contributed by atoms with van der Waals surface area (Å²) in [6.45, 7) is 1.93. The Morgan fingerprint density at radius 1 is 1.00 bits per heavy atom. The summed E-state index contributed by atoms with van der Waals surface area (Å²) in [5.41, 5.74) is 11.0. The number of nitrogens with one attached hydrogen (secondary N) is 1. The smallest absolute Gasteiger partial charge is 0.267 e. The van der Waals surface area contributed by atoms with Gasteiger partial charge in [-0.05, 0) is 86.7 Å². The zero-order valence-electron chi connectivity index (χ0n) is 19.8. The number of pyridine rings is 1. The van der Waals surface area contributed by atoms with Crippen LogP contribution >= 0.6 is 11.3 Å². The summed E-state index contributed by atoms with van der Waals surface area (Å²) in [5, 5.41) is 3.78. The van der Waals surface area contributed by atoms with Gasteiger partial charge < -0.3 is 20.2 Å². The number of aryl methyl sites for hydroxylation is 2. The van der Waals surface area contributed by atoms with E-state index in [2.05, 4.69) is 5.32 Å². The summed E-state index contributed by atoms with van der Waals surface area (Å²) in [7, 11) is 0. The molecule has 6 nitrogen and oxygen atoms in total. The second-order valence-corrected chi connectivity index (χ2v) is 9.95. The van der Waals surface area contributed by atoms with Crippen LogP contribution in [-0.4, -0.2) is 10.9 Å². The van der Waals surface area contributed by atoms with Gasteiger partial charge in [-0.15, -0.1) is 11.3 Å². The van der Waals surface area contributed by atoms with E-state index < -0.39 is 0 Å². The molecule has 0 saturated heterocycles. The van der Waals surface area contributed by atoms with Crippen LogP contribution in [0.4, 0.5) is 11.4 Å². The highest BCUT2D eigenvalue weighted by atomic mass is 32.1. The first kappa shape index (κ1) is 22.4. The number of nitrogens with two attached hydrogens (primary N) is 1. The number of ether oxygens (including phenoxy) is 1. The normalized spacial score (nSPS) is 12.9. The molecule has 0 bridgehead atoms. The Labute approximate surface area is 212 Å². The number of para-hydroxylation sites is 1. The fraction of sp³-hybridized carbons (Fsp3) is 0.172. The average molecular weight is 496 g/mol. The van der Waals surface area contributed by atoms with Crippen molar-refractivity contribution in [2.24, 2.45) is 0 Å². The zero-order chi connectivity index (χ0) is 24.6. The Balaban J connectivity index is 1.32. The lowest BCUT2D eigenvalue weighted by Gasteiger charge is -2.18. The molecular formula is C29H25N3O3S. The first-order valence-corrected chi connectivity index (χ1v) is 12.8. The molecule has 0 unspecified atom stereocenters. The van der Waals surface area contributed by atoms with E-state index >= 15 is 0 Å². The van der Waals surface area contributed by atoms with Crippen molar-refractivity contribution in [1.29, 1.82) is 0 Å². The molecule has 2 aromatic carbocycles. The third-order valence-corrected chi connectivity index (χ3v) is 7.54. The maximum absolute atomic E-state index is 13.3. The minimum atomic E-state index is -0.258. The Hall–Kier alpha value is -4.10. The van der Waals surface area contributed by atoms with Crippen molar-refractivity contribution in [2.45, 2.75) is 32.6 Å². The van der Waals surface area contributed by atoms with Crippen molar-refractivity contribution in [1.82, 2.24) is 4.98 Å². The number of benzene rings is 2. The quantitative estimate of drug-likeness (QED) is 0.266. The summed E-state index contributed by atoms with van der Waals surface area (Å²) in [4.78, 5) is 19.4. The van der Waals surface area contributed by atoms with Crippen LogP contribution in [0.3, 0.4) is 0 Å². The molecule has 0 radical (unpaired) electrons. The molecular weight excluding hydrogens is 470 g/mol. The van der Waals surface area contributed by atoms with Gasteiger partial charge in [-0.2, -0.15) is 0 Å². The third-order valence-electron chi connectivity index (χ3n) is 6.44. The second-order valence-electron chi connectivity index (χ2n) is 8.95. The molecule has 0 spiro atoms. The second kappa shape index (κ2) is 9.17. The number of nitrogen functional groups attached to an aromatic ring is 1. The number of hydrogen-bond donors (Lipinski definition) is 2. The van der Waals surface area contributed by atoms with Gasteiger partial charge >= 0.3 is 0 Å². The minimum absolute atomic E-state index is 0.258. The molecule has 0 atom stereocenters. The molecule has 0 aliphatic heterocycles. The molecule has 3 N–H and O–H groups in total. The van der Waals surface area contributed by atoms with Gasteiger partial charge in [0.15, 0.2) is 0 Å². The lowest BCUT2D eigenvalue weighted by molar-refractivity contribution is 0.103. The summed E-state index contributed by atoms with van der Waals surface area (Å²) in [6, 6.07) is 20.8. The Kier molecular flexibility index (Phi) is 5.70. The number of carbonyl (C=O) groups is 1. The number of amides is 1. The summed E-state index contributed by atoms with van der Waals surface area (Å²) in [5.74, 6) is 2.81. The van der Waals surface area contributed by atoms with Crippen LogP contribution < -0.4 is 15.8 Å². The number of furan rings is 1. The number of rotatable bonds is 5. The highest BCUT2D eigenvalue weighted by Crippen LogP contribution is 2.44. The molecule has 36 heavy (non-hydrogen) atoms. The zero-order valence-corrected chi connectivity index (χ0v) is 20.7. The number of fused-ring (bicyclic) bond motifs is 2. The van der Waals surface area contributed by atoms with Gasteiger partial charge in [-0.25, -0.2) is 4.98 Å². The Bertz CT molecular complexity index is 1570. The van der Waals surface area contributed by atoms with Gasteiger partial charge in [0.05, 0.1) is 5.69 Å². The number of thiophene rings is 1. The lowest BCUT2D eigenvalue weighted by Crippen LogP contribution is -2.12. The molecule has 3 aromatic heterocycles. The van der Waals surface area contributed by atoms with Crippen molar-refractivity contribution >= 4 is 38.8 Å². The van der Waals surface area contributed by atoms with Crippen LogP contribution in [0.2, 0.25) is 0 Å². The van der Waals surface area contributed by atoms with Gasteiger partial charge in [-0.3, -0.25) is 4.79 Å². The first-order valence-electron chi connectivity index (χ1n) is 12.0.